The summed E-state index contributed by atoms with van der Waals surface area (Å²) in [6, 6.07) is 14.4. The summed E-state index contributed by atoms with van der Waals surface area (Å²) in [7, 11) is 1.78. The van der Waals surface area contributed by atoms with Gasteiger partial charge in [0.1, 0.15) is 11.6 Å². The van der Waals surface area contributed by atoms with E-state index >= 15 is 0 Å². The average molecular weight is 485 g/mol. The van der Waals surface area contributed by atoms with Gasteiger partial charge in [0, 0.05) is 30.2 Å². The van der Waals surface area contributed by atoms with Crippen LogP contribution in [-0.4, -0.2) is 28.0 Å². The highest BCUT2D eigenvalue weighted by Gasteiger charge is 2.32. The average Bonchev–Trinajstić information content (AvgIpc) is 2.80. The van der Waals surface area contributed by atoms with Crippen molar-refractivity contribution < 1.29 is 14.3 Å². The van der Waals surface area contributed by atoms with E-state index in [0.29, 0.717) is 33.1 Å². The number of carbonyl (C=O) groups is 2. The number of anilines is 1. The molecule has 10 heteroatoms. The molecule has 0 aliphatic carbocycles. The van der Waals surface area contributed by atoms with Crippen LogP contribution in [0.1, 0.15) is 29.0 Å². The first kappa shape index (κ1) is 22.9. The largest absolute Gasteiger partial charge is 0.484 e. The Labute approximate surface area is 199 Å². The number of thioether (sulfide) groups is 1. The molecular weight excluding hydrogens is 464 g/mol. The summed E-state index contributed by atoms with van der Waals surface area (Å²) in [6.45, 7) is -0.227. The zero-order chi connectivity index (χ0) is 23.5. The maximum Gasteiger partial charge on any atom is 0.279 e. The van der Waals surface area contributed by atoms with Crippen molar-refractivity contribution in [2.45, 2.75) is 23.2 Å². The molecule has 2 heterocycles. The third kappa shape index (κ3) is 5.20. The smallest absolute Gasteiger partial charge is 0.279 e. The number of hydrogen-bond acceptors (Lipinski definition) is 6. The van der Waals surface area contributed by atoms with Gasteiger partial charge in [-0.1, -0.05) is 47.6 Å². The summed E-state index contributed by atoms with van der Waals surface area (Å²) < 4.78 is 7.03. The number of amides is 2. The van der Waals surface area contributed by atoms with Gasteiger partial charge < -0.3 is 20.4 Å². The maximum absolute atomic E-state index is 13.0. The number of nitrogens with zero attached hydrogens (tertiary/aromatic N) is 2. The van der Waals surface area contributed by atoms with Crippen LogP contribution in [-0.2, 0) is 22.4 Å². The molecule has 0 saturated carbocycles. The zero-order valence-electron chi connectivity index (χ0n) is 17.7. The number of carbonyl (C=O) groups excluding carboxylic acids is 2. The maximum atomic E-state index is 13.0. The van der Waals surface area contributed by atoms with Crippen LogP contribution in [0.3, 0.4) is 0 Å². The predicted octanol–water partition coefficient (Wildman–Crippen LogP) is 3.06. The minimum absolute atomic E-state index is 0.128. The molecule has 1 atom stereocenters. The molecule has 0 spiro atoms. The normalized spacial score (nSPS) is 15.0. The lowest BCUT2D eigenvalue weighted by Gasteiger charge is -2.27. The van der Waals surface area contributed by atoms with E-state index < -0.39 is 11.8 Å². The third-order valence-electron chi connectivity index (χ3n) is 5.25. The quantitative estimate of drug-likeness (QED) is 0.393. The Morgan fingerprint density at radius 1 is 1.21 bits per heavy atom. The number of primary amides is 1. The molecule has 0 radical (unpaired) electrons. The number of nitrogens with two attached hydrogens (primary N) is 1. The van der Waals surface area contributed by atoms with Crippen LogP contribution in [0.15, 0.2) is 58.5 Å². The Morgan fingerprint density at radius 2 is 1.91 bits per heavy atom. The zero-order valence-corrected chi connectivity index (χ0v) is 19.3. The molecule has 0 fully saturated rings. The fourth-order valence-corrected chi connectivity index (χ4v) is 4.68. The molecule has 1 aliphatic rings. The highest BCUT2D eigenvalue weighted by Crippen LogP contribution is 2.36. The topological polar surface area (TPSA) is 116 Å². The van der Waals surface area contributed by atoms with E-state index in [4.69, 9.17) is 22.1 Å². The van der Waals surface area contributed by atoms with Crippen LogP contribution in [0, 0.1) is 0 Å². The van der Waals surface area contributed by atoms with Gasteiger partial charge in [-0.15, -0.1) is 0 Å². The Balaban J connectivity index is 1.62. The van der Waals surface area contributed by atoms with Gasteiger partial charge in [-0.3, -0.25) is 14.4 Å². The molecule has 0 bridgehead atoms. The van der Waals surface area contributed by atoms with E-state index in [1.54, 1.807) is 35.9 Å². The Morgan fingerprint density at radius 3 is 2.58 bits per heavy atom. The van der Waals surface area contributed by atoms with Gasteiger partial charge in [0.25, 0.3) is 11.5 Å². The van der Waals surface area contributed by atoms with Gasteiger partial charge >= 0.3 is 0 Å². The van der Waals surface area contributed by atoms with Crippen molar-refractivity contribution in [1.29, 1.82) is 0 Å². The number of nitrogens with one attached hydrogen (secondary N) is 1. The number of aromatic nitrogens is 2. The lowest BCUT2D eigenvalue weighted by molar-refractivity contribution is -0.120. The molecule has 170 valence electrons. The van der Waals surface area contributed by atoms with Crippen LogP contribution in [0.25, 0.3) is 0 Å². The number of rotatable bonds is 7. The second kappa shape index (κ2) is 9.68. The summed E-state index contributed by atoms with van der Waals surface area (Å²) in [5, 5.41) is 4.00. The molecule has 2 aromatic carbocycles. The van der Waals surface area contributed by atoms with Gasteiger partial charge in [0.2, 0.25) is 5.91 Å². The molecule has 3 aromatic rings. The molecule has 3 N–H and O–H groups in total. The van der Waals surface area contributed by atoms with Crippen LogP contribution in [0.4, 0.5) is 5.82 Å². The Hall–Kier alpha value is -3.30. The van der Waals surface area contributed by atoms with E-state index in [1.165, 1.54) is 11.8 Å². The highest BCUT2D eigenvalue weighted by molar-refractivity contribution is 7.98. The summed E-state index contributed by atoms with van der Waals surface area (Å²) in [5.74, 6) is 0.315. The summed E-state index contributed by atoms with van der Waals surface area (Å²) in [4.78, 5) is 40.7. The summed E-state index contributed by atoms with van der Waals surface area (Å²) in [5.41, 5.74) is 6.98. The van der Waals surface area contributed by atoms with Crippen molar-refractivity contribution in [3.8, 4) is 5.75 Å². The van der Waals surface area contributed by atoms with Crippen LogP contribution >= 0.6 is 23.4 Å². The molecule has 1 aliphatic heterocycles. The number of ether oxygens (including phenoxy) is 1. The standard InChI is InChI=1S/C23H21ClN4O4S/c1-28-21-20(22(31)27-23(28)33-12-13-2-6-15(24)7-3-13)17(10-19(30)26-21)14-4-8-16(9-5-14)32-11-18(25)29/h2-9,17H,10-12H2,1H3,(H2,25,29)(H,26,30). The fourth-order valence-electron chi connectivity index (χ4n) is 3.63. The Kier molecular flexibility index (Phi) is 6.71. The molecule has 1 unspecified atom stereocenters. The monoisotopic (exact) mass is 484 g/mol. The summed E-state index contributed by atoms with van der Waals surface area (Å²) >= 11 is 7.34. The minimum atomic E-state index is -0.573. The van der Waals surface area contributed by atoms with Crippen molar-refractivity contribution in [3.63, 3.8) is 0 Å². The molecule has 0 saturated heterocycles. The Bertz CT molecular complexity index is 1260. The van der Waals surface area contributed by atoms with Gasteiger partial charge in [0.15, 0.2) is 11.8 Å². The van der Waals surface area contributed by atoms with Crippen LogP contribution < -0.4 is 21.3 Å². The van der Waals surface area contributed by atoms with Gasteiger partial charge in [0.05, 0.1) is 5.56 Å². The van der Waals surface area contributed by atoms with Crippen molar-refractivity contribution in [3.05, 3.63) is 80.6 Å². The number of hydrogen-bond donors (Lipinski definition) is 2. The second-order valence-corrected chi connectivity index (χ2v) is 8.94. The van der Waals surface area contributed by atoms with Crippen molar-refractivity contribution in [2.75, 3.05) is 11.9 Å². The van der Waals surface area contributed by atoms with Gasteiger partial charge in [-0.05, 0) is 35.4 Å². The molecule has 2 amide bonds. The van der Waals surface area contributed by atoms with E-state index in [0.717, 1.165) is 11.1 Å². The summed E-state index contributed by atoms with van der Waals surface area (Å²) in [6.07, 6.45) is 0.128. The number of halogens is 1. The molecular formula is C23H21ClN4O4S. The van der Waals surface area contributed by atoms with Gasteiger partial charge in [-0.25, -0.2) is 0 Å². The lowest BCUT2D eigenvalue weighted by atomic mass is 9.87. The van der Waals surface area contributed by atoms with E-state index in [1.807, 2.05) is 24.3 Å². The molecule has 1 aromatic heterocycles. The fraction of sp³-hybridized carbons (Fsp3) is 0.217. The van der Waals surface area contributed by atoms with E-state index in [2.05, 4.69) is 10.3 Å². The number of benzene rings is 2. The molecule has 33 heavy (non-hydrogen) atoms. The first-order valence-corrected chi connectivity index (χ1v) is 11.5. The minimum Gasteiger partial charge on any atom is -0.484 e. The SMILES string of the molecule is Cn1c(SCc2ccc(Cl)cc2)nc(=O)c2c1NC(=O)CC2c1ccc(OCC(N)=O)cc1. The first-order chi connectivity index (χ1) is 15.8. The molecule has 4 rings (SSSR count). The number of fused-ring (bicyclic) bond motifs is 1. The highest BCUT2D eigenvalue weighted by atomic mass is 35.5. The van der Waals surface area contributed by atoms with Crippen molar-refractivity contribution in [2.24, 2.45) is 12.8 Å². The predicted molar refractivity (Wildman–Crippen MR) is 127 cm³/mol. The van der Waals surface area contributed by atoms with Crippen molar-refractivity contribution >= 4 is 41.0 Å². The van der Waals surface area contributed by atoms with Crippen LogP contribution in [0.5, 0.6) is 5.75 Å². The van der Waals surface area contributed by atoms with Crippen molar-refractivity contribution in [1.82, 2.24) is 9.55 Å². The van der Waals surface area contributed by atoms with Gasteiger partial charge in [-0.2, -0.15) is 4.98 Å². The third-order valence-corrected chi connectivity index (χ3v) is 6.60. The van der Waals surface area contributed by atoms with E-state index in [-0.39, 0.29) is 24.5 Å². The molecule has 8 nitrogen and oxygen atoms in total. The first-order valence-electron chi connectivity index (χ1n) is 10.1. The van der Waals surface area contributed by atoms with Crippen LogP contribution in [0.2, 0.25) is 5.02 Å². The second-order valence-electron chi connectivity index (χ2n) is 7.56. The van der Waals surface area contributed by atoms with E-state index in [9.17, 15) is 14.4 Å². The lowest BCUT2D eigenvalue weighted by Crippen LogP contribution is -2.33.